The van der Waals surface area contributed by atoms with E-state index in [1.54, 1.807) is 36.4 Å². The van der Waals surface area contributed by atoms with Crippen molar-refractivity contribution in [3.8, 4) is 5.75 Å². The number of hydrogen-bond acceptors (Lipinski definition) is 4. The molecular weight excluding hydrogens is 336 g/mol. The van der Waals surface area contributed by atoms with E-state index >= 15 is 0 Å². The largest absolute Gasteiger partial charge is 0.426 e. The van der Waals surface area contributed by atoms with Gasteiger partial charge < -0.3 is 4.74 Å². The van der Waals surface area contributed by atoms with E-state index in [1.807, 2.05) is 19.1 Å². The van der Waals surface area contributed by atoms with Crippen LogP contribution in [0.5, 0.6) is 5.75 Å². The lowest BCUT2D eigenvalue weighted by atomic mass is 9.98. The maximum Gasteiger partial charge on any atom is 0.312 e. The first-order valence-electron chi connectivity index (χ1n) is 8.42. The van der Waals surface area contributed by atoms with E-state index in [4.69, 9.17) is 4.74 Å². The van der Waals surface area contributed by atoms with Crippen LogP contribution in [0, 0.1) is 6.92 Å². The third kappa shape index (κ3) is 5.16. The molecule has 0 radical (unpaired) electrons. The summed E-state index contributed by atoms with van der Waals surface area (Å²) in [6.07, 6.45) is 0.751. The number of esters is 1. The van der Waals surface area contributed by atoms with Gasteiger partial charge in [0.1, 0.15) is 5.75 Å². The Kier molecular flexibility index (Phi) is 6.37. The van der Waals surface area contributed by atoms with Gasteiger partial charge in [0.2, 0.25) is 0 Å². The van der Waals surface area contributed by atoms with E-state index in [0.717, 1.165) is 17.5 Å². The molecule has 5 heteroatoms. The van der Waals surface area contributed by atoms with E-state index in [2.05, 4.69) is 13.8 Å². The van der Waals surface area contributed by atoms with Gasteiger partial charge in [0.25, 0.3) is 0 Å². The van der Waals surface area contributed by atoms with Crippen molar-refractivity contribution in [2.45, 2.75) is 44.4 Å². The predicted molar refractivity (Wildman–Crippen MR) is 98.6 cm³/mol. The fraction of sp³-hybridized carbons (Fsp3) is 0.350. The topological polar surface area (TPSA) is 60.4 Å². The first kappa shape index (κ1) is 19.2. The molecule has 2 rings (SSSR count). The first-order chi connectivity index (χ1) is 11.8. The quantitative estimate of drug-likeness (QED) is 0.546. The highest BCUT2D eigenvalue weighted by Gasteiger charge is 2.18. The molecule has 25 heavy (non-hydrogen) atoms. The van der Waals surface area contributed by atoms with E-state index < -0.39 is 15.8 Å². The summed E-state index contributed by atoms with van der Waals surface area (Å²) in [7, 11) is -3.50. The normalized spacial score (nSPS) is 12.6. The summed E-state index contributed by atoms with van der Waals surface area (Å²) in [6.45, 7) is 6.02. The second kappa shape index (κ2) is 8.30. The predicted octanol–water partition coefficient (Wildman–Crippen LogP) is 4.28. The number of sulfone groups is 1. The smallest absolute Gasteiger partial charge is 0.312 e. The lowest BCUT2D eigenvalue weighted by Gasteiger charge is -2.14. The van der Waals surface area contributed by atoms with Gasteiger partial charge in [-0.25, -0.2) is 8.42 Å². The number of carbonyl (C=O) groups is 1. The van der Waals surface area contributed by atoms with Gasteiger partial charge in [0.05, 0.1) is 17.1 Å². The second-order valence-corrected chi connectivity index (χ2v) is 8.31. The molecule has 0 saturated heterocycles. The van der Waals surface area contributed by atoms with Crippen molar-refractivity contribution in [3.63, 3.8) is 0 Å². The zero-order valence-corrected chi connectivity index (χ0v) is 15.7. The third-order valence-corrected chi connectivity index (χ3v) is 5.97. The minimum absolute atomic E-state index is 0.176. The van der Waals surface area contributed by atoms with Crippen LogP contribution < -0.4 is 4.74 Å². The molecule has 0 spiro atoms. The van der Waals surface area contributed by atoms with Crippen molar-refractivity contribution in [2.24, 2.45) is 0 Å². The van der Waals surface area contributed by atoms with E-state index in [1.165, 1.54) is 0 Å². The molecule has 0 aliphatic rings. The van der Waals surface area contributed by atoms with Crippen LogP contribution >= 0.6 is 0 Å². The van der Waals surface area contributed by atoms with Crippen LogP contribution in [0.25, 0.3) is 0 Å². The standard InChI is InChI=1S/C20H24O4S/c1-4-16(3)18-7-5-6-8-19(18)24-20(21)13-14-25(22,23)17-11-9-15(2)10-12-17/h5-12,16H,4,13-14H2,1-3H3. The highest BCUT2D eigenvalue weighted by Crippen LogP contribution is 2.28. The lowest BCUT2D eigenvalue weighted by molar-refractivity contribution is -0.134. The molecule has 134 valence electrons. The molecule has 0 saturated carbocycles. The van der Waals surface area contributed by atoms with Crippen molar-refractivity contribution in [2.75, 3.05) is 5.75 Å². The number of ether oxygens (including phenoxy) is 1. The van der Waals surface area contributed by atoms with Crippen LogP contribution in [0.1, 0.15) is 43.7 Å². The zero-order chi connectivity index (χ0) is 18.4. The third-order valence-electron chi connectivity index (χ3n) is 4.24. The van der Waals surface area contributed by atoms with E-state index in [0.29, 0.717) is 5.75 Å². The van der Waals surface area contributed by atoms with Crippen molar-refractivity contribution in [1.29, 1.82) is 0 Å². The summed E-state index contributed by atoms with van der Waals surface area (Å²) < 4.78 is 30.0. The van der Waals surface area contributed by atoms with Gasteiger partial charge in [0, 0.05) is 0 Å². The highest BCUT2D eigenvalue weighted by molar-refractivity contribution is 7.91. The Balaban J connectivity index is 2.03. The van der Waals surface area contributed by atoms with Gasteiger partial charge in [0.15, 0.2) is 9.84 Å². The number of benzene rings is 2. The molecule has 0 bridgehead atoms. The molecule has 0 amide bonds. The van der Waals surface area contributed by atoms with Gasteiger partial charge in [-0.2, -0.15) is 0 Å². The summed E-state index contributed by atoms with van der Waals surface area (Å²) in [6, 6.07) is 14.0. The van der Waals surface area contributed by atoms with Gasteiger partial charge in [-0.3, -0.25) is 4.79 Å². The Morgan fingerprint density at radius 1 is 1.08 bits per heavy atom. The molecule has 0 heterocycles. The number of rotatable bonds is 7. The van der Waals surface area contributed by atoms with Crippen LogP contribution in [0.15, 0.2) is 53.4 Å². The molecule has 1 atom stereocenters. The van der Waals surface area contributed by atoms with Crippen LogP contribution in [0.4, 0.5) is 0 Å². The van der Waals surface area contributed by atoms with E-state index in [9.17, 15) is 13.2 Å². The Bertz CT molecular complexity index is 823. The summed E-state index contributed by atoms with van der Waals surface area (Å²) >= 11 is 0. The Morgan fingerprint density at radius 3 is 2.36 bits per heavy atom. The molecule has 2 aromatic rings. The van der Waals surface area contributed by atoms with Gasteiger partial charge >= 0.3 is 5.97 Å². The first-order valence-corrected chi connectivity index (χ1v) is 10.1. The molecule has 0 aliphatic heterocycles. The molecule has 0 aromatic heterocycles. The average molecular weight is 360 g/mol. The van der Waals surface area contributed by atoms with Crippen molar-refractivity contribution in [1.82, 2.24) is 0 Å². The highest BCUT2D eigenvalue weighted by atomic mass is 32.2. The fourth-order valence-corrected chi connectivity index (χ4v) is 3.68. The van der Waals surface area contributed by atoms with Crippen LogP contribution in [0.2, 0.25) is 0 Å². The number of aryl methyl sites for hydroxylation is 1. The Morgan fingerprint density at radius 2 is 1.72 bits per heavy atom. The summed E-state index contributed by atoms with van der Waals surface area (Å²) in [5.41, 5.74) is 1.94. The zero-order valence-electron chi connectivity index (χ0n) is 14.9. The summed E-state index contributed by atoms with van der Waals surface area (Å²) in [5.74, 6) is -0.0262. The molecule has 2 aromatic carbocycles. The number of hydrogen-bond donors (Lipinski definition) is 0. The van der Waals surface area contributed by atoms with Crippen LogP contribution in [0.3, 0.4) is 0 Å². The SMILES string of the molecule is CCC(C)c1ccccc1OC(=O)CCS(=O)(=O)c1ccc(C)cc1. The summed E-state index contributed by atoms with van der Waals surface area (Å²) in [5, 5.41) is 0. The van der Waals surface area contributed by atoms with Crippen molar-refractivity contribution in [3.05, 3.63) is 59.7 Å². The van der Waals surface area contributed by atoms with Crippen LogP contribution in [-0.2, 0) is 14.6 Å². The van der Waals surface area contributed by atoms with Crippen molar-refractivity contribution >= 4 is 15.8 Å². The fourth-order valence-electron chi connectivity index (χ4n) is 2.46. The number of carbonyl (C=O) groups excluding carboxylic acids is 1. The molecule has 0 aliphatic carbocycles. The summed E-state index contributed by atoms with van der Waals surface area (Å²) in [4.78, 5) is 12.3. The van der Waals surface area contributed by atoms with Gasteiger partial charge in [-0.15, -0.1) is 0 Å². The monoisotopic (exact) mass is 360 g/mol. The van der Waals surface area contributed by atoms with E-state index in [-0.39, 0.29) is 23.0 Å². The molecule has 0 N–H and O–H groups in total. The molecular formula is C20H24O4S. The Labute approximate surface area is 149 Å². The van der Waals surface area contributed by atoms with Crippen LogP contribution in [-0.4, -0.2) is 20.1 Å². The number of para-hydroxylation sites is 1. The minimum Gasteiger partial charge on any atom is -0.426 e. The lowest BCUT2D eigenvalue weighted by Crippen LogP contribution is -2.16. The maximum atomic E-state index is 12.3. The minimum atomic E-state index is -3.50. The molecule has 0 fully saturated rings. The molecule has 4 nitrogen and oxygen atoms in total. The average Bonchev–Trinajstić information content (AvgIpc) is 2.60. The molecule has 1 unspecified atom stereocenters. The van der Waals surface area contributed by atoms with Crippen molar-refractivity contribution < 1.29 is 17.9 Å². The maximum absolute atomic E-state index is 12.3. The second-order valence-electron chi connectivity index (χ2n) is 6.20. The van der Waals surface area contributed by atoms with Gasteiger partial charge in [-0.1, -0.05) is 49.7 Å². The Hall–Kier alpha value is -2.14. The van der Waals surface area contributed by atoms with Gasteiger partial charge in [-0.05, 0) is 43.0 Å².